The summed E-state index contributed by atoms with van der Waals surface area (Å²) in [7, 11) is -4.04. The van der Waals surface area contributed by atoms with E-state index in [1.807, 2.05) is 20.8 Å². The Kier molecular flexibility index (Phi) is 6.65. The fourth-order valence-corrected chi connectivity index (χ4v) is 4.05. The number of carbonyl (C=O) groups is 1. The number of urea groups is 1. The van der Waals surface area contributed by atoms with Gasteiger partial charge in [-0.3, -0.25) is 0 Å². The van der Waals surface area contributed by atoms with Gasteiger partial charge in [0.25, 0.3) is 0 Å². The third-order valence-corrected chi connectivity index (χ3v) is 5.84. The number of likely N-dealkylation sites (tertiary alicyclic amines) is 1. The van der Waals surface area contributed by atoms with Crippen LogP contribution in [0.4, 0.5) is 18.0 Å². The van der Waals surface area contributed by atoms with Crippen molar-refractivity contribution in [2.45, 2.75) is 50.2 Å². The monoisotopic (exact) mass is 421 g/mol. The molecule has 1 aromatic rings. The lowest BCUT2D eigenvalue weighted by Gasteiger charge is -2.34. The van der Waals surface area contributed by atoms with E-state index in [0.717, 1.165) is 18.2 Å². The van der Waals surface area contributed by atoms with Crippen molar-refractivity contribution in [1.29, 1.82) is 0 Å². The van der Waals surface area contributed by atoms with Crippen LogP contribution in [0.15, 0.2) is 29.2 Å². The topological polar surface area (TPSA) is 78.5 Å². The fraction of sp³-hybridized carbons (Fsp3) is 0.611. The third kappa shape index (κ3) is 6.37. The number of halogens is 3. The molecule has 10 heteroatoms. The van der Waals surface area contributed by atoms with Gasteiger partial charge in [-0.25, -0.2) is 17.9 Å². The Morgan fingerprint density at radius 3 is 2.32 bits per heavy atom. The molecule has 2 rings (SSSR count). The minimum Gasteiger partial charge on any atom is -0.333 e. The van der Waals surface area contributed by atoms with E-state index in [9.17, 15) is 26.4 Å². The van der Waals surface area contributed by atoms with Gasteiger partial charge in [0.2, 0.25) is 10.0 Å². The number of piperidine rings is 1. The minimum atomic E-state index is -4.61. The molecular weight excluding hydrogens is 395 g/mol. The number of benzene rings is 1. The van der Waals surface area contributed by atoms with E-state index in [0.29, 0.717) is 32.0 Å². The first kappa shape index (κ1) is 22.5. The molecule has 0 bridgehead atoms. The van der Waals surface area contributed by atoms with Gasteiger partial charge in [0.05, 0.1) is 10.5 Å². The predicted octanol–water partition coefficient (Wildman–Crippen LogP) is 3.20. The molecular formula is C18H26F3N3O3S. The van der Waals surface area contributed by atoms with Crippen molar-refractivity contribution in [2.24, 2.45) is 5.92 Å². The summed E-state index contributed by atoms with van der Waals surface area (Å²) in [6.07, 6.45) is -3.38. The lowest BCUT2D eigenvalue weighted by Crippen LogP contribution is -2.51. The molecule has 0 atom stereocenters. The van der Waals surface area contributed by atoms with Crippen LogP contribution in [0, 0.1) is 5.92 Å². The summed E-state index contributed by atoms with van der Waals surface area (Å²) in [6.45, 7) is 6.78. The zero-order valence-corrected chi connectivity index (χ0v) is 17.0. The zero-order chi connectivity index (χ0) is 21.2. The van der Waals surface area contributed by atoms with Crippen LogP contribution in [0.5, 0.6) is 0 Å². The van der Waals surface area contributed by atoms with Gasteiger partial charge in [0.15, 0.2) is 0 Å². The van der Waals surface area contributed by atoms with Gasteiger partial charge < -0.3 is 10.2 Å². The number of rotatable bonds is 4. The molecule has 2 amide bonds. The molecule has 6 nitrogen and oxygen atoms in total. The second-order valence-electron chi connectivity index (χ2n) is 7.99. The van der Waals surface area contributed by atoms with E-state index in [4.69, 9.17) is 0 Å². The molecule has 1 aliphatic heterocycles. The molecule has 0 saturated carbocycles. The quantitative estimate of drug-likeness (QED) is 0.784. The van der Waals surface area contributed by atoms with E-state index >= 15 is 0 Å². The average molecular weight is 421 g/mol. The molecule has 0 spiro atoms. The lowest BCUT2D eigenvalue weighted by molar-refractivity contribution is -0.137. The molecule has 0 radical (unpaired) electrons. The molecule has 28 heavy (non-hydrogen) atoms. The van der Waals surface area contributed by atoms with Gasteiger partial charge >= 0.3 is 12.2 Å². The predicted molar refractivity (Wildman–Crippen MR) is 99.2 cm³/mol. The fourth-order valence-electron chi connectivity index (χ4n) is 2.89. The Morgan fingerprint density at radius 2 is 1.79 bits per heavy atom. The highest BCUT2D eigenvalue weighted by atomic mass is 32.2. The maximum absolute atomic E-state index is 12.8. The molecule has 0 aliphatic carbocycles. The SMILES string of the molecule is CC(C)(C)NC(=O)N1CCC(CNS(=O)(=O)c2cccc(C(F)(F)F)c2)CC1. The first-order chi connectivity index (χ1) is 12.8. The van der Waals surface area contributed by atoms with Crippen molar-refractivity contribution >= 4 is 16.1 Å². The van der Waals surface area contributed by atoms with Crippen molar-refractivity contribution in [2.75, 3.05) is 19.6 Å². The van der Waals surface area contributed by atoms with Crippen LogP contribution in [0.3, 0.4) is 0 Å². The van der Waals surface area contributed by atoms with Crippen LogP contribution in [0.2, 0.25) is 0 Å². The zero-order valence-electron chi connectivity index (χ0n) is 16.1. The van der Waals surface area contributed by atoms with Gasteiger partial charge in [-0.15, -0.1) is 0 Å². The van der Waals surface area contributed by atoms with Crippen LogP contribution in [-0.4, -0.2) is 44.5 Å². The number of hydrogen-bond acceptors (Lipinski definition) is 3. The Hall–Kier alpha value is -1.81. The maximum atomic E-state index is 12.8. The number of amides is 2. The summed E-state index contributed by atoms with van der Waals surface area (Å²) in [4.78, 5) is 13.4. The molecule has 1 fully saturated rings. The van der Waals surface area contributed by atoms with Crippen LogP contribution in [0.1, 0.15) is 39.2 Å². The average Bonchev–Trinajstić information content (AvgIpc) is 2.58. The van der Waals surface area contributed by atoms with Crippen molar-refractivity contribution in [3.8, 4) is 0 Å². The highest BCUT2D eigenvalue weighted by Crippen LogP contribution is 2.30. The second kappa shape index (κ2) is 8.28. The van der Waals surface area contributed by atoms with E-state index in [1.54, 1.807) is 4.90 Å². The van der Waals surface area contributed by atoms with Gasteiger partial charge in [0.1, 0.15) is 0 Å². The molecule has 0 aromatic heterocycles. The highest BCUT2D eigenvalue weighted by Gasteiger charge is 2.32. The van der Waals surface area contributed by atoms with Gasteiger partial charge in [-0.05, 0) is 57.7 Å². The minimum absolute atomic E-state index is 0.0132. The van der Waals surface area contributed by atoms with Crippen LogP contribution in [0.25, 0.3) is 0 Å². The third-order valence-electron chi connectivity index (χ3n) is 4.42. The molecule has 0 unspecified atom stereocenters. The van der Waals surface area contributed by atoms with Gasteiger partial charge in [-0.1, -0.05) is 6.07 Å². The van der Waals surface area contributed by atoms with E-state index in [1.165, 1.54) is 0 Å². The number of hydrogen-bond donors (Lipinski definition) is 2. The number of alkyl halides is 3. The van der Waals surface area contributed by atoms with E-state index < -0.39 is 26.7 Å². The van der Waals surface area contributed by atoms with Gasteiger partial charge in [0, 0.05) is 25.2 Å². The number of nitrogens with one attached hydrogen (secondary N) is 2. The van der Waals surface area contributed by atoms with Crippen LogP contribution < -0.4 is 10.0 Å². The summed E-state index contributed by atoms with van der Waals surface area (Å²) in [6, 6.07) is 3.51. The first-order valence-corrected chi connectivity index (χ1v) is 10.5. The number of carbonyl (C=O) groups excluding carboxylic acids is 1. The number of sulfonamides is 1. The van der Waals surface area contributed by atoms with E-state index in [-0.39, 0.29) is 24.0 Å². The smallest absolute Gasteiger partial charge is 0.333 e. The molecule has 1 saturated heterocycles. The summed E-state index contributed by atoms with van der Waals surface area (Å²) in [5, 5.41) is 2.88. The molecule has 2 N–H and O–H groups in total. The Balaban J connectivity index is 1.90. The largest absolute Gasteiger partial charge is 0.416 e. The van der Waals surface area contributed by atoms with Crippen molar-refractivity contribution < 1.29 is 26.4 Å². The van der Waals surface area contributed by atoms with Crippen LogP contribution in [-0.2, 0) is 16.2 Å². The van der Waals surface area contributed by atoms with Crippen LogP contribution >= 0.6 is 0 Å². The first-order valence-electron chi connectivity index (χ1n) is 9.02. The molecule has 1 aliphatic rings. The van der Waals surface area contributed by atoms with Crippen molar-refractivity contribution in [3.63, 3.8) is 0 Å². The second-order valence-corrected chi connectivity index (χ2v) is 9.76. The summed E-state index contributed by atoms with van der Waals surface area (Å²) in [5.41, 5.74) is -1.34. The molecule has 158 valence electrons. The maximum Gasteiger partial charge on any atom is 0.416 e. The van der Waals surface area contributed by atoms with Crippen molar-refractivity contribution in [3.05, 3.63) is 29.8 Å². The van der Waals surface area contributed by atoms with Gasteiger partial charge in [-0.2, -0.15) is 13.2 Å². The summed E-state index contributed by atoms with van der Waals surface area (Å²) in [5.74, 6) is 0.0132. The Morgan fingerprint density at radius 1 is 1.18 bits per heavy atom. The molecule has 1 heterocycles. The molecule has 1 aromatic carbocycles. The Labute approximate surface area is 163 Å². The highest BCUT2D eigenvalue weighted by molar-refractivity contribution is 7.89. The van der Waals surface area contributed by atoms with Crippen molar-refractivity contribution in [1.82, 2.24) is 14.9 Å². The Bertz CT molecular complexity index is 796. The summed E-state index contributed by atoms with van der Waals surface area (Å²) < 4.78 is 65.4. The standard InChI is InChI=1S/C18H26F3N3O3S/c1-17(2,3)23-16(25)24-9-7-13(8-10-24)12-22-28(26,27)15-6-4-5-14(11-15)18(19,20)21/h4-6,11,13,22H,7-10,12H2,1-3H3,(H,23,25). The summed E-state index contributed by atoms with van der Waals surface area (Å²) >= 11 is 0. The number of nitrogens with zero attached hydrogens (tertiary/aromatic N) is 1. The van der Waals surface area contributed by atoms with E-state index in [2.05, 4.69) is 10.0 Å². The normalized spacial score (nSPS) is 16.9. The lowest BCUT2D eigenvalue weighted by atomic mass is 9.97.